The molecule has 160 valence electrons. The standard InChI is InChI=1S/C22H17ClF3N3O2/c1-13(11-20(30)27-15-9-10-19(23)18(12-15)22(24,25)26)28-29-21(31)17-8-4-6-14-5-2-3-7-16(14)17/h2-10,12H,11H2,1H3,(H,27,30)(H,29,31)/b28-13-. The van der Waals surface area contributed by atoms with Gasteiger partial charge in [0.05, 0.1) is 17.0 Å². The van der Waals surface area contributed by atoms with Crippen LogP contribution in [0.5, 0.6) is 0 Å². The molecule has 9 heteroatoms. The number of hydrogen-bond acceptors (Lipinski definition) is 3. The third kappa shape index (κ3) is 5.61. The van der Waals surface area contributed by atoms with Gasteiger partial charge in [-0.15, -0.1) is 0 Å². The molecule has 0 spiro atoms. The second-order valence-electron chi connectivity index (χ2n) is 6.73. The van der Waals surface area contributed by atoms with Crippen molar-refractivity contribution in [3.05, 3.63) is 76.8 Å². The Bertz CT molecular complexity index is 1170. The molecule has 0 saturated carbocycles. The van der Waals surface area contributed by atoms with Crippen LogP contribution in [0.25, 0.3) is 10.8 Å². The molecule has 5 nitrogen and oxygen atoms in total. The molecule has 3 aromatic rings. The van der Waals surface area contributed by atoms with E-state index in [2.05, 4.69) is 15.8 Å². The van der Waals surface area contributed by atoms with Gasteiger partial charge in [-0.3, -0.25) is 9.59 Å². The number of anilines is 1. The highest BCUT2D eigenvalue weighted by Crippen LogP contribution is 2.36. The van der Waals surface area contributed by atoms with Crippen molar-refractivity contribution < 1.29 is 22.8 Å². The molecule has 0 radical (unpaired) electrons. The van der Waals surface area contributed by atoms with Gasteiger partial charge in [0.25, 0.3) is 5.91 Å². The summed E-state index contributed by atoms with van der Waals surface area (Å²) in [6.45, 7) is 1.52. The summed E-state index contributed by atoms with van der Waals surface area (Å²) in [5.74, 6) is -1.03. The van der Waals surface area contributed by atoms with Gasteiger partial charge in [0.2, 0.25) is 5.91 Å². The Morgan fingerprint density at radius 3 is 2.48 bits per heavy atom. The van der Waals surface area contributed by atoms with Crippen molar-refractivity contribution >= 4 is 45.6 Å². The predicted molar refractivity (Wildman–Crippen MR) is 114 cm³/mol. The Morgan fingerprint density at radius 2 is 1.74 bits per heavy atom. The summed E-state index contributed by atoms with van der Waals surface area (Å²) in [5, 5.41) is 7.48. The second-order valence-corrected chi connectivity index (χ2v) is 7.14. The molecule has 0 atom stereocenters. The quantitative estimate of drug-likeness (QED) is 0.392. The largest absolute Gasteiger partial charge is 0.417 e. The maximum absolute atomic E-state index is 12.9. The minimum atomic E-state index is -4.64. The van der Waals surface area contributed by atoms with Crippen LogP contribution >= 0.6 is 11.6 Å². The molecule has 0 fully saturated rings. The highest BCUT2D eigenvalue weighted by atomic mass is 35.5. The van der Waals surface area contributed by atoms with E-state index in [9.17, 15) is 22.8 Å². The van der Waals surface area contributed by atoms with Gasteiger partial charge >= 0.3 is 6.18 Å². The van der Waals surface area contributed by atoms with Crippen LogP contribution < -0.4 is 10.7 Å². The van der Waals surface area contributed by atoms with E-state index in [4.69, 9.17) is 11.6 Å². The zero-order valence-electron chi connectivity index (χ0n) is 16.3. The minimum absolute atomic E-state index is 0.0469. The lowest BCUT2D eigenvalue weighted by atomic mass is 10.0. The summed E-state index contributed by atoms with van der Waals surface area (Å²) in [4.78, 5) is 24.6. The molecule has 3 aromatic carbocycles. The topological polar surface area (TPSA) is 70.6 Å². The summed E-state index contributed by atoms with van der Waals surface area (Å²) in [5.41, 5.74) is 2.02. The SMILES string of the molecule is C/C(CC(=O)Nc1ccc(Cl)c(C(F)(F)F)c1)=N/NC(=O)c1cccc2ccccc12. The van der Waals surface area contributed by atoms with Crippen LogP contribution in [0.2, 0.25) is 5.02 Å². The van der Waals surface area contributed by atoms with Crippen molar-refractivity contribution in [3.8, 4) is 0 Å². The molecule has 0 aromatic heterocycles. The van der Waals surface area contributed by atoms with E-state index >= 15 is 0 Å². The lowest BCUT2D eigenvalue weighted by molar-refractivity contribution is -0.137. The van der Waals surface area contributed by atoms with Gasteiger partial charge in [-0.1, -0.05) is 48.0 Å². The fraction of sp³-hybridized carbons (Fsp3) is 0.136. The first-order valence-corrected chi connectivity index (χ1v) is 9.51. The fourth-order valence-corrected chi connectivity index (χ4v) is 3.15. The molecule has 0 aliphatic heterocycles. The Hall–Kier alpha value is -3.39. The summed E-state index contributed by atoms with van der Waals surface area (Å²) in [6, 6.07) is 15.8. The third-order valence-electron chi connectivity index (χ3n) is 4.35. The molecular formula is C22H17ClF3N3O2. The number of carbonyl (C=O) groups excluding carboxylic acids is 2. The normalized spacial score (nSPS) is 12.0. The first-order chi connectivity index (χ1) is 14.6. The maximum atomic E-state index is 12.9. The molecule has 31 heavy (non-hydrogen) atoms. The average molecular weight is 448 g/mol. The van der Waals surface area contributed by atoms with Gasteiger partial charge < -0.3 is 5.32 Å². The first kappa shape index (κ1) is 22.3. The van der Waals surface area contributed by atoms with Crippen LogP contribution in [0.15, 0.2) is 65.8 Å². The zero-order valence-corrected chi connectivity index (χ0v) is 17.0. The second kappa shape index (κ2) is 9.18. The van der Waals surface area contributed by atoms with E-state index in [1.54, 1.807) is 12.1 Å². The number of hydrogen-bond donors (Lipinski definition) is 2. The number of hydrazone groups is 1. The van der Waals surface area contributed by atoms with Crippen molar-refractivity contribution in [2.24, 2.45) is 5.10 Å². The summed E-state index contributed by atoms with van der Waals surface area (Å²) in [6.07, 6.45) is -4.86. The molecule has 0 heterocycles. The fourth-order valence-electron chi connectivity index (χ4n) is 2.93. The van der Waals surface area contributed by atoms with Crippen LogP contribution in [-0.4, -0.2) is 17.5 Å². The predicted octanol–water partition coefficient (Wildman–Crippen LogP) is 5.65. The molecule has 0 bridgehead atoms. The van der Waals surface area contributed by atoms with Crippen molar-refractivity contribution in [2.45, 2.75) is 19.5 Å². The molecule has 0 aliphatic carbocycles. The van der Waals surface area contributed by atoms with Gasteiger partial charge in [-0.05, 0) is 42.0 Å². The highest BCUT2D eigenvalue weighted by Gasteiger charge is 2.33. The minimum Gasteiger partial charge on any atom is -0.326 e. The number of nitrogens with one attached hydrogen (secondary N) is 2. The number of carbonyl (C=O) groups is 2. The third-order valence-corrected chi connectivity index (χ3v) is 4.68. The number of fused-ring (bicyclic) bond motifs is 1. The van der Waals surface area contributed by atoms with Crippen molar-refractivity contribution in [1.29, 1.82) is 0 Å². The summed E-state index contributed by atoms with van der Waals surface area (Å²) in [7, 11) is 0. The number of rotatable bonds is 5. The van der Waals surface area contributed by atoms with Crippen molar-refractivity contribution in [3.63, 3.8) is 0 Å². The lowest BCUT2D eigenvalue weighted by Crippen LogP contribution is -2.21. The number of nitrogens with zero attached hydrogens (tertiary/aromatic N) is 1. The van der Waals surface area contributed by atoms with Crippen LogP contribution in [-0.2, 0) is 11.0 Å². The van der Waals surface area contributed by atoms with Crippen LogP contribution in [0.4, 0.5) is 18.9 Å². The average Bonchev–Trinajstić information content (AvgIpc) is 2.72. The number of halogens is 4. The molecule has 2 N–H and O–H groups in total. The van der Waals surface area contributed by atoms with Crippen LogP contribution in [0.3, 0.4) is 0 Å². The van der Waals surface area contributed by atoms with Gasteiger partial charge in [-0.2, -0.15) is 18.3 Å². The molecule has 0 unspecified atom stereocenters. The van der Waals surface area contributed by atoms with E-state index in [1.165, 1.54) is 13.0 Å². The monoisotopic (exact) mass is 447 g/mol. The number of benzene rings is 3. The van der Waals surface area contributed by atoms with E-state index in [-0.39, 0.29) is 17.8 Å². The van der Waals surface area contributed by atoms with E-state index in [1.807, 2.05) is 30.3 Å². The van der Waals surface area contributed by atoms with E-state index < -0.39 is 28.6 Å². The van der Waals surface area contributed by atoms with Gasteiger partial charge in [0.1, 0.15) is 0 Å². The van der Waals surface area contributed by atoms with Crippen molar-refractivity contribution in [2.75, 3.05) is 5.32 Å². The van der Waals surface area contributed by atoms with Gasteiger partial charge in [0.15, 0.2) is 0 Å². The zero-order chi connectivity index (χ0) is 22.6. The van der Waals surface area contributed by atoms with Crippen LogP contribution in [0.1, 0.15) is 29.3 Å². The van der Waals surface area contributed by atoms with E-state index in [0.29, 0.717) is 5.56 Å². The first-order valence-electron chi connectivity index (χ1n) is 9.13. The Morgan fingerprint density at radius 1 is 1.03 bits per heavy atom. The molecule has 2 amide bonds. The molecule has 0 aliphatic rings. The maximum Gasteiger partial charge on any atom is 0.417 e. The summed E-state index contributed by atoms with van der Waals surface area (Å²) >= 11 is 5.57. The Labute approximate surface area is 180 Å². The van der Waals surface area contributed by atoms with Gasteiger partial charge in [0, 0.05) is 17.0 Å². The lowest BCUT2D eigenvalue weighted by Gasteiger charge is -2.12. The van der Waals surface area contributed by atoms with Gasteiger partial charge in [-0.25, -0.2) is 5.43 Å². The number of alkyl halides is 3. The van der Waals surface area contributed by atoms with Crippen molar-refractivity contribution in [1.82, 2.24) is 5.43 Å². The molecule has 0 saturated heterocycles. The Kier molecular flexibility index (Phi) is 6.60. The Balaban J connectivity index is 1.64. The molecule has 3 rings (SSSR count). The number of amides is 2. The van der Waals surface area contributed by atoms with E-state index in [0.717, 1.165) is 22.9 Å². The molecular weight excluding hydrogens is 431 g/mol. The smallest absolute Gasteiger partial charge is 0.326 e. The summed E-state index contributed by atoms with van der Waals surface area (Å²) < 4.78 is 38.8. The van der Waals surface area contributed by atoms with Crippen LogP contribution in [0, 0.1) is 0 Å². The highest BCUT2D eigenvalue weighted by molar-refractivity contribution is 6.31.